The van der Waals surface area contributed by atoms with Gasteiger partial charge in [0.1, 0.15) is 5.69 Å². The van der Waals surface area contributed by atoms with Crippen LogP contribution in [0.5, 0.6) is 0 Å². The average Bonchev–Trinajstić information content (AvgIpc) is 2.95. The van der Waals surface area contributed by atoms with Crippen LogP contribution >= 0.6 is 11.8 Å². The molecule has 23 heavy (non-hydrogen) atoms. The number of aromatic nitrogens is 4. The second-order valence-corrected chi connectivity index (χ2v) is 6.50. The van der Waals surface area contributed by atoms with Crippen molar-refractivity contribution in [3.63, 3.8) is 0 Å². The minimum atomic E-state index is 0.158. The van der Waals surface area contributed by atoms with Crippen molar-refractivity contribution >= 4 is 17.7 Å². The molecule has 0 aromatic carbocycles. The number of rotatable bonds is 4. The van der Waals surface area contributed by atoms with Crippen LogP contribution in [0.3, 0.4) is 0 Å². The van der Waals surface area contributed by atoms with Crippen LogP contribution < -0.4 is 0 Å². The van der Waals surface area contributed by atoms with Gasteiger partial charge in [0.2, 0.25) is 5.91 Å². The number of nitrogens with zero attached hydrogens (tertiary/aromatic N) is 6. The van der Waals surface area contributed by atoms with Gasteiger partial charge in [-0.15, -0.1) is 10.2 Å². The fourth-order valence-electron chi connectivity index (χ4n) is 2.43. The maximum Gasteiger partial charge on any atom is 0.233 e. The van der Waals surface area contributed by atoms with Crippen molar-refractivity contribution in [3.8, 4) is 11.5 Å². The van der Waals surface area contributed by atoms with Gasteiger partial charge in [-0.1, -0.05) is 17.8 Å². The van der Waals surface area contributed by atoms with Crippen LogP contribution in [0.1, 0.15) is 0 Å². The van der Waals surface area contributed by atoms with Gasteiger partial charge in [0.15, 0.2) is 11.0 Å². The Morgan fingerprint density at radius 1 is 1.17 bits per heavy atom. The normalized spacial score (nSPS) is 15.8. The first-order valence-corrected chi connectivity index (χ1v) is 8.53. The SMILES string of the molecule is CN1CCN(C(=O)CSc2nnc(-c3ccccn3)n2C)CC1. The molecule has 7 nitrogen and oxygen atoms in total. The Labute approximate surface area is 139 Å². The first kappa shape index (κ1) is 15.9. The zero-order chi connectivity index (χ0) is 16.2. The van der Waals surface area contributed by atoms with Crippen LogP contribution in [0.15, 0.2) is 29.6 Å². The summed E-state index contributed by atoms with van der Waals surface area (Å²) in [7, 11) is 3.97. The number of pyridine rings is 1. The lowest BCUT2D eigenvalue weighted by molar-refractivity contribution is -0.129. The number of hydrogen-bond acceptors (Lipinski definition) is 6. The topological polar surface area (TPSA) is 67.2 Å². The Hall–Kier alpha value is -1.93. The van der Waals surface area contributed by atoms with Crippen molar-refractivity contribution in [1.82, 2.24) is 29.5 Å². The van der Waals surface area contributed by atoms with E-state index in [4.69, 9.17) is 0 Å². The molecular weight excluding hydrogens is 312 g/mol. The maximum atomic E-state index is 12.3. The Kier molecular flexibility index (Phi) is 4.92. The van der Waals surface area contributed by atoms with Crippen molar-refractivity contribution in [2.24, 2.45) is 7.05 Å². The Balaban J connectivity index is 1.61. The summed E-state index contributed by atoms with van der Waals surface area (Å²) in [6, 6.07) is 5.68. The lowest BCUT2D eigenvalue weighted by Crippen LogP contribution is -2.47. The molecule has 0 spiro atoms. The molecule has 2 aromatic heterocycles. The monoisotopic (exact) mass is 332 g/mol. The minimum absolute atomic E-state index is 0.158. The van der Waals surface area contributed by atoms with Crippen LogP contribution in [0, 0.1) is 0 Å². The zero-order valence-corrected chi connectivity index (χ0v) is 14.2. The predicted molar refractivity (Wildman–Crippen MR) is 89.0 cm³/mol. The predicted octanol–water partition coefficient (Wildman–Crippen LogP) is 0.743. The fraction of sp³-hybridized carbons (Fsp3) is 0.467. The van der Waals surface area contributed by atoms with Crippen molar-refractivity contribution in [1.29, 1.82) is 0 Å². The maximum absolute atomic E-state index is 12.3. The van der Waals surface area contributed by atoms with Gasteiger partial charge in [-0.25, -0.2) is 0 Å². The van der Waals surface area contributed by atoms with Gasteiger partial charge in [0.05, 0.1) is 5.75 Å². The third-order valence-electron chi connectivity index (χ3n) is 3.91. The summed E-state index contributed by atoms with van der Waals surface area (Å²) in [5.41, 5.74) is 0.778. The second-order valence-electron chi connectivity index (χ2n) is 5.55. The third kappa shape index (κ3) is 3.70. The molecule has 0 aliphatic carbocycles. The van der Waals surface area contributed by atoms with Crippen LogP contribution in [0.4, 0.5) is 0 Å². The van der Waals surface area contributed by atoms with Crippen molar-refractivity contribution in [2.75, 3.05) is 39.0 Å². The van der Waals surface area contributed by atoms with Gasteiger partial charge in [0, 0.05) is 39.4 Å². The van der Waals surface area contributed by atoms with Crippen LogP contribution in [-0.4, -0.2) is 74.4 Å². The number of hydrogen-bond donors (Lipinski definition) is 0. The van der Waals surface area contributed by atoms with Gasteiger partial charge in [0.25, 0.3) is 0 Å². The molecule has 3 heterocycles. The average molecular weight is 332 g/mol. The van der Waals surface area contributed by atoms with E-state index in [0.717, 1.165) is 37.0 Å². The molecule has 1 saturated heterocycles. The van der Waals surface area contributed by atoms with E-state index >= 15 is 0 Å². The quantitative estimate of drug-likeness (QED) is 0.770. The highest BCUT2D eigenvalue weighted by Gasteiger charge is 2.20. The molecule has 1 fully saturated rings. The third-order valence-corrected chi connectivity index (χ3v) is 4.91. The molecule has 0 N–H and O–H groups in total. The van der Waals surface area contributed by atoms with E-state index in [9.17, 15) is 4.79 Å². The molecule has 0 saturated carbocycles. The van der Waals surface area contributed by atoms with E-state index in [1.54, 1.807) is 6.20 Å². The highest BCUT2D eigenvalue weighted by atomic mass is 32.2. The molecule has 122 valence electrons. The molecule has 0 atom stereocenters. The molecule has 1 amide bonds. The van der Waals surface area contributed by atoms with Gasteiger partial charge >= 0.3 is 0 Å². The van der Waals surface area contributed by atoms with E-state index in [-0.39, 0.29) is 5.91 Å². The van der Waals surface area contributed by atoms with Crippen LogP contribution in [-0.2, 0) is 11.8 Å². The van der Waals surface area contributed by atoms with Crippen LogP contribution in [0.2, 0.25) is 0 Å². The van der Waals surface area contributed by atoms with Gasteiger partial charge in [-0.3, -0.25) is 9.78 Å². The Bertz CT molecular complexity index is 666. The second kappa shape index (κ2) is 7.10. The molecule has 1 aliphatic heterocycles. The molecule has 8 heteroatoms. The Morgan fingerprint density at radius 3 is 2.65 bits per heavy atom. The van der Waals surface area contributed by atoms with Crippen LogP contribution in [0.25, 0.3) is 11.5 Å². The summed E-state index contributed by atoms with van der Waals surface area (Å²) in [4.78, 5) is 20.7. The minimum Gasteiger partial charge on any atom is -0.339 e. The molecule has 0 radical (unpaired) electrons. The molecule has 0 bridgehead atoms. The molecule has 1 aliphatic rings. The lowest BCUT2D eigenvalue weighted by atomic mass is 10.3. The largest absolute Gasteiger partial charge is 0.339 e. The summed E-state index contributed by atoms with van der Waals surface area (Å²) >= 11 is 1.42. The van der Waals surface area contributed by atoms with Crippen molar-refractivity contribution < 1.29 is 4.79 Å². The van der Waals surface area contributed by atoms with Gasteiger partial charge < -0.3 is 14.4 Å². The van der Waals surface area contributed by atoms with Gasteiger partial charge in [-0.05, 0) is 19.2 Å². The zero-order valence-electron chi connectivity index (χ0n) is 13.3. The van der Waals surface area contributed by atoms with E-state index in [1.165, 1.54) is 11.8 Å². The van der Waals surface area contributed by atoms with Crippen molar-refractivity contribution in [2.45, 2.75) is 5.16 Å². The van der Waals surface area contributed by atoms with E-state index in [2.05, 4.69) is 27.1 Å². The number of thioether (sulfide) groups is 1. The number of carbonyl (C=O) groups excluding carboxylic acids is 1. The van der Waals surface area contributed by atoms with E-state index < -0.39 is 0 Å². The summed E-state index contributed by atoms with van der Waals surface area (Å²) in [6.07, 6.45) is 1.73. The molecule has 0 unspecified atom stereocenters. The van der Waals surface area contributed by atoms with E-state index in [1.807, 2.05) is 34.7 Å². The fourth-order valence-corrected chi connectivity index (χ4v) is 3.25. The molecule has 2 aromatic rings. The summed E-state index contributed by atoms with van der Waals surface area (Å²) in [6.45, 7) is 3.47. The number of carbonyl (C=O) groups is 1. The summed E-state index contributed by atoms with van der Waals surface area (Å²) < 4.78 is 1.88. The number of piperazine rings is 1. The highest BCUT2D eigenvalue weighted by molar-refractivity contribution is 7.99. The van der Waals surface area contributed by atoms with Gasteiger partial charge in [-0.2, -0.15) is 0 Å². The smallest absolute Gasteiger partial charge is 0.233 e. The van der Waals surface area contributed by atoms with Crippen molar-refractivity contribution in [3.05, 3.63) is 24.4 Å². The summed E-state index contributed by atoms with van der Waals surface area (Å²) in [5.74, 6) is 1.25. The molecular formula is C15H20N6OS. The summed E-state index contributed by atoms with van der Waals surface area (Å²) in [5, 5.41) is 9.09. The number of amides is 1. The Morgan fingerprint density at radius 2 is 1.96 bits per heavy atom. The first-order chi connectivity index (χ1) is 11.1. The highest BCUT2D eigenvalue weighted by Crippen LogP contribution is 2.21. The lowest BCUT2D eigenvalue weighted by Gasteiger charge is -2.32. The standard InChI is InChI=1S/C15H20N6OS/c1-19-7-9-21(10-8-19)13(22)11-23-15-18-17-14(20(15)2)12-5-3-4-6-16-12/h3-6H,7-11H2,1-2H3. The number of likely N-dealkylation sites (N-methyl/N-ethyl adjacent to an activating group) is 1. The van der Waals surface area contributed by atoms with E-state index in [0.29, 0.717) is 11.6 Å². The molecule has 3 rings (SSSR count). The first-order valence-electron chi connectivity index (χ1n) is 7.55.